The smallest absolute Gasteiger partial charge is 0.305 e. The highest BCUT2D eigenvalue weighted by atomic mass is 16.5. The molecule has 2 atom stereocenters. The van der Waals surface area contributed by atoms with Crippen molar-refractivity contribution in [2.24, 2.45) is 0 Å². The van der Waals surface area contributed by atoms with E-state index < -0.39 is 0 Å². The zero-order valence-corrected chi connectivity index (χ0v) is 15.9. The monoisotopic (exact) mass is 370 g/mol. The third kappa shape index (κ3) is 9.53. The predicted molar refractivity (Wildman–Crippen MR) is 96.8 cm³/mol. The molecule has 26 heavy (non-hydrogen) atoms. The molecule has 2 saturated heterocycles. The molecule has 0 aromatic heterocycles. The minimum atomic E-state index is -0.178. The van der Waals surface area contributed by atoms with Gasteiger partial charge in [-0.05, 0) is 64.2 Å². The molecule has 2 heterocycles. The number of unbranched alkanes of at least 4 members (excludes halogenated alkanes) is 1. The topological polar surface area (TPSA) is 71.1 Å². The summed E-state index contributed by atoms with van der Waals surface area (Å²) >= 11 is 0. The molecule has 0 saturated carbocycles. The second-order valence-corrected chi connectivity index (χ2v) is 7.20. The first-order valence-corrected chi connectivity index (χ1v) is 10.3. The highest BCUT2D eigenvalue weighted by Gasteiger charge is 2.16. The molecule has 150 valence electrons. The van der Waals surface area contributed by atoms with Gasteiger partial charge in [0.2, 0.25) is 0 Å². The van der Waals surface area contributed by atoms with Crippen molar-refractivity contribution < 1.29 is 28.5 Å². The van der Waals surface area contributed by atoms with Gasteiger partial charge in [-0.15, -0.1) is 0 Å². The van der Waals surface area contributed by atoms with Crippen LogP contribution in [-0.4, -0.2) is 50.6 Å². The maximum atomic E-state index is 11.6. The Balaban J connectivity index is 1.34. The Morgan fingerprint density at radius 2 is 1.19 bits per heavy atom. The van der Waals surface area contributed by atoms with E-state index in [1.54, 1.807) is 0 Å². The zero-order chi connectivity index (χ0) is 18.5. The second-order valence-electron chi connectivity index (χ2n) is 7.20. The van der Waals surface area contributed by atoms with Crippen LogP contribution in [0, 0.1) is 0 Å². The van der Waals surface area contributed by atoms with Crippen molar-refractivity contribution in [1.29, 1.82) is 0 Å². The minimum Gasteiger partial charge on any atom is -0.466 e. The average molecular weight is 370 g/mol. The molecule has 6 heteroatoms. The number of hydrogen-bond donors (Lipinski definition) is 0. The molecular weight excluding hydrogens is 336 g/mol. The van der Waals surface area contributed by atoms with E-state index in [9.17, 15) is 9.59 Å². The van der Waals surface area contributed by atoms with Crippen LogP contribution < -0.4 is 0 Å². The maximum absolute atomic E-state index is 11.6. The van der Waals surface area contributed by atoms with Crippen molar-refractivity contribution in [1.82, 2.24) is 0 Å². The van der Waals surface area contributed by atoms with Gasteiger partial charge in [0.05, 0.1) is 25.4 Å². The number of rotatable bonds is 13. The van der Waals surface area contributed by atoms with Gasteiger partial charge in [0.1, 0.15) is 0 Å². The fourth-order valence-electron chi connectivity index (χ4n) is 3.42. The fourth-order valence-corrected chi connectivity index (χ4v) is 3.42. The maximum Gasteiger partial charge on any atom is 0.305 e. The van der Waals surface area contributed by atoms with Gasteiger partial charge < -0.3 is 18.9 Å². The van der Waals surface area contributed by atoms with Crippen molar-refractivity contribution in [3.8, 4) is 0 Å². The van der Waals surface area contributed by atoms with Crippen LogP contribution in [0.25, 0.3) is 0 Å². The lowest BCUT2D eigenvalue weighted by Crippen LogP contribution is -2.11. The van der Waals surface area contributed by atoms with Crippen LogP contribution in [0.2, 0.25) is 0 Å². The van der Waals surface area contributed by atoms with Crippen LogP contribution >= 0.6 is 0 Å². The van der Waals surface area contributed by atoms with Gasteiger partial charge in [0, 0.05) is 26.1 Å². The highest BCUT2D eigenvalue weighted by Crippen LogP contribution is 2.17. The van der Waals surface area contributed by atoms with Gasteiger partial charge >= 0.3 is 11.9 Å². The molecule has 0 N–H and O–H groups in total. The predicted octanol–water partition coefficient (Wildman–Crippen LogP) is 3.55. The number of carbonyl (C=O) groups excluding carboxylic acids is 2. The number of carbonyl (C=O) groups is 2. The molecule has 0 unspecified atom stereocenters. The van der Waals surface area contributed by atoms with Crippen molar-refractivity contribution in [2.75, 3.05) is 26.4 Å². The van der Waals surface area contributed by atoms with Crippen LogP contribution in [0.4, 0.5) is 0 Å². The molecule has 2 fully saturated rings. The van der Waals surface area contributed by atoms with Gasteiger partial charge in [-0.2, -0.15) is 0 Å². The molecule has 2 aliphatic heterocycles. The van der Waals surface area contributed by atoms with Gasteiger partial charge in [0.15, 0.2) is 0 Å². The first-order chi connectivity index (χ1) is 12.7. The Bertz CT molecular complexity index is 361. The largest absolute Gasteiger partial charge is 0.466 e. The van der Waals surface area contributed by atoms with Crippen molar-refractivity contribution in [3.05, 3.63) is 0 Å². The molecule has 0 amide bonds. The molecule has 0 aromatic carbocycles. The lowest BCUT2D eigenvalue weighted by Gasteiger charge is -2.10. The minimum absolute atomic E-state index is 0.178. The summed E-state index contributed by atoms with van der Waals surface area (Å²) in [4.78, 5) is 23.3. The Morgan fingerprint density at radius 3 is 1.58 bits per heavy atom. The van der Waals surface area contributed by atoms with E-state index in [0.29, 0.717) is 51.1 Å². The third-order valence-electron chi connectivity index (χ3n) is 4.93. The van der Waals surface area contributed by atoms with Crippen molar-refractivity contribution >= 4 is 11.9 Å². The van der Waals surface area contributed by atoms with Crippen molar-refractivity contribution in [3.63, 3.8) is 0 Å². The van der Waals surface area contributed by atoms with Crippen LogP contribution in [0.5, 0.6) is 0 Å². The van der Waals surface area contributed by atoms with E-state index in [4.69, 9.17) is 18.9 Å². The molecule has 2 rings (SSSR count). The molecule has 0 bridgehead atoms. The van der Waals surface area contributed by atoms with Crippen LogP contribution in [0.15, 0.2) is 0 Å². The molecule has 0 radical (unpaired) electrons. The molecule has 0 aromatic rings. The molecule has 0 aliphatic carbocycles. The lowest BCUT2D eigenvalue weighted by atomic mass is 10.1. The molecule has 6 nitrogen and oxygen atoms in total. The summed E-state index contributed by atoms with van der Waals surface area (Å²) < 4.78 is 21.5. The number of hydrogen-bond acceptors (Lipinski definition) is 6. The van der Waals surface area contributed by atoms with E-state index >= 15 is 0 Å². The van der Waals surface area contributed by atoms with E-state index in [-0.39, 0.29) is 11.9 Å². The zero-order valence-electron chi connectivity index (χ0n) is 15.9. The van der Waals surface area contributed by atoms with Gasteiger partial charge in [-0.25, -0.2) is 0 Å². The van der Waals surface area contributed by atoms with E-state index in [0.717, 1.165) is 64.6 Å². The standard InChI is InChI=1S/C20H34O6/c21-19(25-15-5-9-17-7-3-13-23-17)11-1-2-12-20(22)26-16-6-10-18-8-4-14-24-18/h17-18H,1-16H2/t17-,18-/m0/s1. The third-order valence-corrected chi connectivity index (χ3v) is 4.93. The molecule has 0 spiro atoms. The van der Waals surface area contributed by atoms with E-state index in [1.807, 2.05) is 0 Å². The summed E-state index contributed by atoms with van der Waals surface area (Å²) in [7, 11) is 0. The highest BCUT2D eigenvalue weighted by molar-refractivity contribution is 5.70. The van der Waals surface area contributed by atoms with Crippen LogP contribution in [-0.2, 0) is 28.5 Å². The summed E-state index contributed by atoms with van der Waals surface area (Å²) in [6, 6.07) is 0. The summed E-state index contributed by atoms with van der Waals surface area (Å²) in [5.74, 6) is -0.357. The van der Waals surface area contributed by atoms with Gasteiger partial charge in [0.25, 0.3) is 0 Å². The Kier molecular flexibility index (Phi) is 10.7. The average Bonchev–Trinajstić information content (AvgIpc) is 3.33. The van der Waals surface area contributed by atoms with Crippen LogP contribution in [0.3, 0.4) is 0 Å². The molecule has 2 aliphatic rings. The number of ether oxygens (including phenoxy) is 4. The van der Waals surface area contributed by atoms with Crippen LogP contribution in [0.1, 0.15) is 77.0 Å². The lowest BCUT2D eigenvalue weighted by molar-refractivity contribution is -0.146. The number of esters is 2. The van der Waals surface area contributed by atoms with Crippen molar-refractivity contribution in [2.45, 2.75) is 89.3 Å². The Hall–Kier alpha value is -1.14. The first-order valence-electron chi connectivity index (χ1n) is 10.3. The summed E-state index contributed by atoms with van der Waals surface area (Å²) in [5, 5.41) is 0. The summed E-state index contributed by atoms with van der Waals surface area (Å²) in [6.45, 7) is 2.65. The summed E-state index contributed by atoms with van der Waals surface area (Å²) in [6.07, 6.45) is 10.9. The Morgan fingerprint density at radius 1 is 0.731 bits per heavy atom. The van der Waals surface area contributed by atoms with Gasteiger partial charge in [-0.3, -0.25) is 9.59 Å². The second kappa shape index (κ2) is 13.1. The first kappa shape index (κ1) is 21.2. The summed E-state index contributed by atoms with van der Waals surface area (Å²) in [5.41, 5.74) is 0. The fraction of sp³-hybridized carbons (Fsp3) is 0.900. The van der Waals surface area contributed by atoms with Gasteiger partial charge in [-0.1, -0.05) is 0 Å². The normalized spacial score (nSPS) is 22.5. The SMILES string of the molecule is O=C(CCCCC(=O)OCCC[C@@H]1CCCO1)OCCC[C@@H]1CCCO1. The quantitative estimate of drug-likeness (QED) is 0.365. The van der Waals surface area contributed by atoms with E-state index in [1.165, 1.54) is 0 Å². The Labute approximate surface area is 156 Å². The van der Waals surface area contributed by atoms with E-state index in [2.05, 4.69) is 0 Å². The molecular formula is C20H34O6.